The van der Waals surface area contributed by atoms with Crippen LogP contribution in [0.15, 0.2) is 51.5 Å². The second-order valence-corrected chi connectivity index (χ2v) is 6.05. The quantitative estimate of drug-likeness (QED) is 0.579. The summed E-state index contributed by atoms with van der Waals surface area (Å²) in [6.45, 7) is 1.63. The van der Waals surface area contributed by atoms with E-state index in [1.807, 2.05) is 0 Å². The van der Waals surface area contributed by atoms with Gasteiger partial charge in [-0.2, -0.15) is 18.6 Å². The molecule has 0 atom stereocenters. The maximum Gasteiger partial charge on any atom is 0.339 e. The standard InChI is InChI=1S/C14H12N2O6S/c1-8-6-13(17)11(14(18)19)7-12(8)16-15-9-2-4-10(5-3-9)23(20,21)22/h2-7,17H,1H3,(H,18,19)(H,20,21,22). The van der Waals surface area contributed by atoms with Gasteiger partial charge < -0.3 is 10.2 Å². The summed E-state index contributed by atoms with van der Waals surface area (Å²) in [6.07, 6.45) is 0. The Hall–Kier alpha value is -2.78. The summed E-state index contributed by atoms with van der Waals surface area (Å²) >= 11 is 0. The molecule has 0 fully saturated rings. The molecule has 23 heavy (non-hydrogen) atoms. The molecule has 3 N–H and O–H groups in total. The molecule has 0 aromatic heterocycles. The minimum Gasteiger partial charge on any atom is -0.507 e. The number of phenols is 1. The van der Waals surface area contributed by atoms with E-state index in [4.69, 9.17) is 9.66 Å². The van der Waals surface area contributed by atoms with Gasteiger partial charge in [-0.25, -0.2) is 4.79 Å². The zero-order chi connectivity index (χ0) is 17.2. The second kappa shape index (κ2) is 6.15. The van der Waals surface area contributed by atoms with Crippen LogP contribution in [0.2, 0.25) is 0 Å². The maximum atomic E-state index is 11.0. The third-order valence-electron chi connectivity index (χ3n) is 2.95. The highest BCUT2D eigenvalue weighted by atomic mass is 32.2. The van der Waals surface area contributed by atoms with Gasteiger partial charge in [-0.15, -0.1) is 0 Å². The first-order chi connectivity index (χ1) is 10.7. The minimum atomic E-state index is -4.28. The van der Waals surface area contributed by atoms with Gasteiger partial charge in [0.2, 0.25) is 0 Å². The molecule has 2 aromatic rings. The summed E-state index contributed by atoms with van der Waals surface area (Å²) in [4.78, 5) is 10.7. The molecule has 0 aliphatic rings. The molecule has 0 aliphatic heterocycles. The van der Waals surface area contributed by atoms with Crippen LogP contribution in [0, 0.1) is 6.92 Å². The number of carboxylic acids is 1. The van der Waals surface area contributed by atoms with Crippen molar-refractivity contribution in [2.24, 2.45) is 10.2 Å². The highest BCUT2D eigenvalue weighted by molar-refractivity contribution is 7.85. The number of nitrogens with zero attached hydrogens (tertiary/aromatic N) is 2. The Kier molecular flexibility index (Phi) is 4.43. The molecule has 2 aromatic carbocycles. The number of hydrogen-bond donors (Lipinski definition) is 3. The average Bonchev–Trinajstić information content (AvgIpc) is 2.45. The first kappa shape index (κ1) is 16.6. The predicted octanol–water partition coefficient (Wildman–Crippen LogP) is 3.06. The SMILES string of the molecule is Cc1cc(O)c(C(=O)O)cc1N=Nc1ccc(S(=O)(=O)O)cc1. The first-order valence-corrected chi connectivity index (χ1v) is 7.68. The van der Waals surface area contributed by atoms with Gasteiger partial charge in [-0.1, -0.05) is 0 Å². The number of aryl methyl sites for hydroxylation is 1. The Labute approximate surface area is 131 Å². The van der Waals surface area contributed by atoms with E-state index in [9.17, 15) is 18.3 Å². The molecule has 0 spiro atoms. The molecule has 2 rings (SSSR count). The van der Waals surface area contributed by atoms with E-state index >= 15 is 0 Å². The predicted molar refractivity (Wildman–Crippen MR) is 80.2 cm³/mol. The molecule has 8 nitrogen and oxygen atoms in total. The van der Waals surface area contributed by atoms with E-state index in [1.165, 1.54) is 24.3 Å². The average molecular weight is 336 g/mol. The van der Waals surface area contributed by atoms with Gasteiger partial charge in [0.15, 0.2) is 0 Å². The fourth-order valence-corrected chi connectivity index (χ4v) is 2.24. The van der Waals surface area contributed by atoms with E-state index in [0.29, 0.717) is 11.3 Å². The highest BCUT2D eigenvalue weighted by Gasteiger charge is 2.13. The fourth-order valence-electron chi connectivity index (χ4n) is 1.76. The summed E-state index contributed by atoms with van der Waals surface area (Å²) in [7, 11) is -4.28. The van der Waals surface area contributed by atoms with Gasteiger partial charge in [-0.3, -0.25) is 4.55 Å². The fraction of sp³-hybridized carbons (Fsp3) is 0.0714. The highest BCUT2D eigenvalue weighted by Crippen LogP contribution is 2.29. The van der Waals surface area contributed by atoms with Crippen molar-refractivity contribution in [3.05, 3.63) is 47.5 Å². The molecule has 0 unspecified atom stereocenters. The van der Waals surface area contributed by atoms with Gasteiger partial charge in [0.05, 0.1) is 16.3 Å². The smallest absolute Gasteiger partial charge is 0.339 e. The van der Waals surface area contributed by atoms with Gasteiger partial charge in [0.25, 0.3) is 10.1 Å². The van der Waals surface area contributed by atoms with E-state index < -0.39 is 16.1 Å². The maximum absolute atomic E-state index is 11.0. The Morgan fingerprint density at radius 2 is 1.70 bits per heavy atom. The van der Waals surface area contributed by atoms with Crippen molar-refractivity contribution in [2.75, 3.05) is 0 Å². The van der Waals surface area contributed by atoms with Gasteiger partial charge in [0.1, 0.15) is 11.3 Å². The summed E-state index contributed by atoms with van der Waals surface area (Å²) in [6, 6.07) is 7.44. The van der Waals surface area contributed by atoms with Crippen LogP contribution in [0.3, 0.4) is 0 Å². The lowest BCUT2D eigenvalue weighted by atomic mass is 10.1. The van der Waals surface area contributed by atoms with Crippen LogP contribution >= 0.6 is 0 Å². The Morgan fingerprint density at radius 3 is 2.22 bits per heavy atom. The van der Waals surface area contributed by atoms with Crippen LogP contribution in [-0.2, 0) is 10.1 Å². The number of aromatic hydroxyl groups is 1. The molecule has 0 radical (unpaired) electrons. The zero-order valence-corrected chi connectivity index (χ0v) is 12.6. The Balaban J connectivity index is 2.33. The van der Waals surface area contributed by atoms with E-state index in [0.717, 1.165) is 12.1 Å². The number of azo groups is 1. The number of aromatic carboxylic acids is 1. The molecule has 0 aliphatic carbocycles. The van der Waals surface area contributed by atoms with Crippen molar-refractivity contribution in [1.29, 1.82) is 0 Å². The molecular formula is C14H12N2O6S. The van der Waals surface area contributed by atoms with Crippen LogP contribution in [-0.4, -0.2) is 29.2 Å². The summed E-state index contributed by atoms with van der Waals surface area (Å²) < 4.78 is 30.7. The van der Waals surface area contributed by atoms with Gasteiger partial charge >= 0.3 is 5.97 Å². The van der Waals surface area contributed by atoms with Crippen LogP contribution in [0.1, 0.15) is 15.9 Å². The molecule has 0 amide bonds. The molecule has 9 heteroatoms. The summed E-state index contributed by atoms with van der Waals surface area (Å²) in [5, 5.41) is 26.3. The number of carboxylic acid groups (broad SMARTS) is 1. The first-order valence-electron chi connectivity index (χ1n) is 6.24. The lowest BCUT2D eigenvalue weighted by molar-refractivity contribution is 0.0693. The van der Waals surface area contributed by atoms with Gasteiger partial charge in [0, 0.05) is 0 Å². The van der Waals surface area contributed by atoms with Crippen molar-refractivity contribution in [1.82, 2.24) is 0 Å². The second-order valence-electron chi connectivity index (χ2n) is 4.63. The lowest BCUT2D eigenvalue weighted by Gasteiger charge is -2.04. The van der Waals surface area contributed by atoms with Crippen LogP contribution in [0.25, 0.3) is 0 Å². The van der Waals surface area contributed by atoms with Crippen molar-refractivity contribution in [3.63, 3.8) is 0 Å². The van der Waals surface area contributed by atoms with E-state index in [1.54, 1.807) is 6.92 Å². The Bertz CT molecular complexity index is 888. The number of benzene rings is 2. The Morgan fingerprint density at radius 1 is 1.09 bits per heavy atom. The van der Waals surface area contributed by atoms with Crippen molar-refractivity contribution in [3.8, 4) is 5.75 Å². The largest absolute Gasteiger partial charge is 0.507 e. The third kappa shape index (κ3) is 3.90. The van der Waals surface area contributed by atoms with Crippen molar-refractivity contribution >= 4 is 27.5 Å². The third-order valence-corrected chi connectivity index (χ3v) is 3.82. The number of rotatable bonds is 4. The number of carbonyl (C=O) groups is 1. The lowest BCUT2D eigenvalue weighted by Crippen LogP contribution is -1.97. The van der Waals surface area contributed by atoms with Crippen molar-refractivity contribution in [2.45, 2.75) is 11.8 Å². The monoisotopic (exact) mass is 336 g/mol. The minimum absolute atomic E-state index is 0.249. The molecular weight excluding hydrogens is 324 g/mol. The molecule has 0 heterocycles. The molecule has 0 saturated heterocycles. The topological polar surface area (TPSA) is 137 Å². The van der Waals surface area contributed by atoms with E-state index in [2.05, 4.69) is 10.2 Å². The van der Waals surface area contributed by atoms with Crippen LogP contribution < -0.4 is 0 Å². The van der Waals surface area contributed by atoms with Crippen LogP contribution in [0.5, 0.6) is 5.75 Å². The summed E-state index contributed by atoms with van der Waals surface area (Å²) in [5.74, 6) is -1.66. The van der Waals surface area contributed by atoms with Crippen LogP contribution in [0.4, 0.5) is 11.4 Å². The van der Waals surface area contributed by atoms with Gasteiger partial charge in [-0.05, 0) is 48.9 Å². The summed E-state index contributed by atoms with van der Waals surface area (Å²) in [5.41, 5.74) is 0.776. The number of hydrogen-bond acceptors (Lipinski definition) is 6. The normalized spacial score (nSPS) is 11.7. The molecule has 0 saturated carbocycles. The van der Waals surface area contributed by atoms with E-state index in [-0.39, 0.29) is 21.9 Å². The zero-order valence-electron chi connectivity index (χ0n) is 11.8. The molecule has 0 bridgehead atoms. The molecule has 120 valence electrons. The van der Waals surface area contributed by atoms with Crippen molar-refractivity contribution < 1.29 is 28.0 Å².